The van der Waals surface area contributed by atoms with Crippen molar-refractivity contribution in [3.05, 3.63) is 28.4 Å². The molecule has 1 rings (SSSR count). The van der Waals surface area contributed by atoms with Crippen LogP contribution in [0.3, 0.4) is 0 Å². The Morgan fingerprint density at radius 1 is 1.32 bits per heavy atom. The monoisotopic (exact) mass is 599 g/mol. The highest BCUT2D eigenvalue weighted by molar-refractivity contribution is 14.1. The van der Waals surface area contributed by atoms with Crippen LogP contribution in [0.1, 0.15) is 30.1 Å². The van der Waals surface area contributed by atoms with E-state index in [4.69, 9.17) is 5.11 Å². The van der Waals surface area contributed by atoms with E-state index >= 15 is 0 Å². The summed E-state index contributed by atoms with van der Waals surface area (Å²) in [4.78, 5) is 23.2. The summed E-state index contributed by atoms with van der Waals surface area (Å²) in [5.41, 5.74) is 0.527. The maximum Gasteiger partial charge on any atom is 0.326 e. The van der Waals surface area contributed by atoms with E-state index in [1.165, 1.54) is 0 Å². The van der Waals surface area contributed by atoms with E-state index in [1.54, 1.807) is 6.07 Å². The van der Waals surface area contributed by atoms with E-state index < -0.39 is 12.0 Å². The molecule has 0 aliphatic heterocycles. The van der Waals surface area contributed by atoms with Gasteiger partial charge in [0.1, 0.15) is 6.04 Å². The summed E-state index contributed by atoms with van der Waals surface area (Å²) in [6, 6.07) is 2.91. The Morgan fingerprint density at radius 3 is 2.47 bits per heavy atom. The lowest BCUT2D eigenvalue weighted by Gasteiger charge is -2.15. The molecule has 1 aromatic carbocycles. The first-order chi connectivity index (χ1) is 8.86. The Hall–Kier alpha value is 0.350. The number of rotatable bonds is 5. The molecule has 19 heavy (non-hydrogen) atoms. The summed E-state index contributed by atoms with van der Waals surface area (Å²) in [6.07, 6.45) is 1.14. The highest BCUT2D eigenvalue weighted by Crippen LogP contribution is 2.23. The fraction of sp³-hybridized carbons (Fsp3) is 0.333. The second kappa shape index (κ2) is 7.96. The number of nitrogens with one attached hydrogen (secondary N) is 1. The second-order valence-corrected chi connectivity index (χ2v) is 7.39. The average Bonchev–Trinajstić information content (AvgIpc) is 2.32. The summed E-state index contributed by atoms with van der Waals surface area (Å²) >= 11 is 6.41. The molecular weight excluding hydrogens is 587 g/mol. The maximum absolute atomic E-state index is 12.2. The van der Waals surface area contributed by atoms with Crippen LogP contribution in [0.25, 0.3) is 0 Å². The minimum Gasteiger partial charge on any atom is -0.480 e. The molecule has 1 aromatic rings. The van der Waals surface area contributed by atoms with Gasteiger partial charge in [0.25, 0.3) is 5.91 Å². The van der Waals surface area contributed by atoms with Gasteiger partial charge < -0.3 is 10.4 Å². The van der Waals surface area contributed by atoms with Crippen LogP contribution in [-0.2, 0) is 4.79 Å². The summed E-state index contributed by atoms with van der Waals surface area (Å²) in [7, 11) is 0. The molecule has 0 aliphatic rings. The van der Waals surface area contributed by atoms with Gasteiger partial charge in [0.15, 0.2) is 0 Å². The lowest BCUT2D eigenvalue weighted by atomic mass is 10.1. The predicted molar refractivity (Wildman–Crippen MR) is 98.4 cm³/mol. The van der Waals surface area contributed by atoms with Gasteiger partial charge in [-0.25, -0.2) is 4.79 Å². The highest BCUT2D eigenvalue weighted by atomic mass is 127. The Balaban J connectivity index is 2.97. The number of carboxylic acids is 1. The van der Waals surface area contributed by atoms with Crippen LogP contribution >= 0.6 is 67.8 Å². The van der Waals surface area contributed by atoms with Crippen molar-refractivity contribution >= 4 is 79.6 Å². The van der Waals surface area contributed by atoms with Gasteiger partial charge in [-0.2, -0.15) is 0 Å². The third kappa shape index (κ3) is 4.99. The summed E-state index contributed by atoms with van der Waals surface area (Å²) in [6.45, 7) is 1.89. The summed E-state index contributed by atoms with van der Waals surface area (Å²) in [5.74, 6) is -1.33. The van der Waals surface area contributed by atoms with Crippen LogP contribution in [0, 0.1) is 10.7 Å². The number of carboxylic acid groups (broad SMARTS) is 1. The van der Waals surface area contributed by atoms with Gasteiger partial charge in [-0.1, -0.05) is 13.3 Å². The quantitative estimate of drug-likeness (QED) is 0.403. The first kappa shape index (κ1) is 17.4. The van der Waals surface area contributed by atoms with Gasteiger partial charge >= 0.3 is 5.97 Å². The largest absolute Gasteiger partial charge is 0.480 e. The number of halogens is 3. The second-order valence-electron chi connectivity index (χ2n) is 3.90. The normalized spacial score (nSPS) is 12.0. The number of hydrogen-bond donors (Lipinski definition) is 2. The fourth-order valence-electron chi connectivity index (χ4n) is 1.50. The number of hydrogen-bond acceptors (Lipinski definition) is 2. The molecule has 0 heterocycles. The Morgan fingerprint density at radius 2 is 1.95 bits per heavy atom. The van der Waals surface area contributed by atoms with Crippen molar-refractivity contribution < 1.29 is 14.7 Å². The smallest absolute Gasteiger partial charge is 0.326 e. The molecule has 7 heteroatoms. The van der Waals surface area contributed by atoms with Crippen LogP contribution < -0.4 is 5.32 Å². The van der Waals surface area contributed by atoms with Crippen molar-refractivity contribution in [3.63, 3.8) is 0 Å². The van der Waals surface area contributed by atoms with E-state index in [9.17, 15) is 9.59 Å². The van der Waals surface area contributed by atoms with E-state index in [2.05, 4.69) is 73.1 Å². The van der Waals surface area contributed by atoms with Crippen molar-refractivity contribution in [1.82, 2.24) is 5.32 Å². The number of aliphatic carboxylic acids is 1. The van der Waals surface area contributed by atoms with E-state index in [1.807, 2.05) is 13.0 Å². The van der Waals surface area contributed by atoms with Gasteiger partial charge in [0.2, 0.25) is 0 Å². The highest BCUT2D eigenvalue weighted by Gasteiger charge is 2.21. The third-order valence-corrected chi connectivity index (χ3v) is 6.09. The topological polar surface area (TPSA) is 66.4 Å². The molecule has 0 saturated carbocycles. The standard InChI is InChI=1S/C12H12I3NO3/c1-2-3-9(12(18)19)16-11(17)7-4-6(13)5-8(14)10(7)15/h4-5,9H,2-3H2,1H3,(H,16,17)(H,18,19)/t9-/m1/s1. The van der Waals surface area contributed by atoms with Crippen molar-refractivity contribution in [1.29, 1.82) is 0 Å². The molecular formula is C12H12I3NO3. The maximum atomic E-state index is 12.2. The fourth-order valence-corrected chi connectivity index (χ4v) is 3.90. The molecule has 0 aromatic heterocycles. The molecule has 1 atom stereocenters. The molecule has 0 bridgehead atoms. The molecule has 0 radical (unpaired) electrons. The van der Waals surface area contributed by atoms with Crippen LogP contribution in [0.15, 0.2) is 12.1 Å². The third-order valence-electron chi connectivity index (χ3n) is 2.42. The van der Waals surface area contributed by atoms with Crippen LogP contribution in [0.4, 0.5) is 0 Å². The minimum absolute atomic E-state index is 0.332. The van der Waals surface area contributed by atoms with Gasteiger partial charge in [0.05, 0.1) is 5.56 Å². The van der Waals surface area contributed by atoms with Gasteiger partial charge in [0, 0.05) is 10.7 Å². The van der Waals surface area contributed by atoms with Crippen LogP contribution in [0.2, 0.25) is 0 Å². The number of carbonyl (C=O) groups excluding carboxylic acids is 1. The van der Waals surface area contributed by atoms with Gasteiger partial charge in [-0.05, 0) is 86.3 Å². The molecule has 0 saturated heterocycles. The van der Waals surface area contributed by atoms with Crippen molar-refractivity contribution in [2.75, 3.05) is 0 Å². The molecule has 4 nitrogen and oxygen atoms in total. The Labute approximate surface area is 152 Å². The van der Waals surface area contributed by atoms with E-state index in [0.717, 1.165) is 10.7 Å². The van der Waals surface area contributed by atoms with Crippen LogP contribution in [0.5, 0.6) is 0 Å². The molecule has 104 valence electrons. The molecule has 0 unspecified atom stereocenters. The lowest BCUT2D eigenvalue weighted by Crippen LogP contribution is -2.41. The Kier molecular flexibility index (Phi) is 7.29. The number of carbonyl (C=O) groups is 2. The van der Waals surface area contributed by atoms with E-state index in [-0.39, 0.29) is 5.91 Å². The van der Waals surface area contributed by atoms with Crippen molar-refractivity contribution in [2.45, 2.75) is 25.8 Å². The summed E-state index contributed by atoms with van der Waals surface area (Å²) < 4.78 is 2.78. The molecule has 2 N–H and O–H groups in total. The molecule has 0 aliphatic carbocycles. The molecule has 0 fully saturated rings. The zero-order chi connectivity index (χ0) is 14.6. The van der Waals surface area contributed by atoms with Gasteiger partial charge in [-0.3, -0.25) is 4.79 Å². The average molecular weight is 599 g/mol. The minimum atomic E-state index is -0.995. The first-order valence-corrected chi connectivity index (χ1v) is 8.78. The molecule has 0 spiro atoms. The van der Waals surface area contributed by atoms with Crippen molar-refractivity contribution in [3.8, 4) is 0 Å². The zero-order valence-corrected chi connectivity index (χ0v) is 16.5. The van der Waals surface area contributed by atoms with Crippen molar-refractivity contribution in [2.24, 2.45) is 0 Å². The first-order valence-electron chi connectivity index (χ1n) is 5.55. The number of benzene rings is 1. The van der Waals surface area contributed by atoms with Gasteiger partial charge in [-0.15, -0.1) is 0 Å². The SMILES string of the molecule is CCC[C@@H](NC(=O)c1cc(I)cc(I)c1I)C(=O)O. The lowest BCUT2D eigenvalue weighted by molar-refractivity contribution is -0.139. The molecule has 1 amide bonds. The Bertz CT molecular complexity index is 505. The number of amides is 1. The zero-order valence-electron chi connectivity index (χ0n) is 10.0. The summed E-state index contributed by atoms with van der Waals surface area (Å²) in [5, 5.41) is 11.6. The van der Waals surface area contributed by atoms with E-state index in [0.29, 0.717) is 18.4 Å². The predicted octanol–water partition coefficient (Wildman–Crippen LogP) is 3.48. The van der Waals surface area contributed by atoms with Crippen LogP contribution in [-0.4, -0.2) is 23.0 Å².